The van der Waals surface area contributed by atoms with E-state index in [1.165, 1.54) is 6.07 Å². The van der Waals surface area contributed by atoms with Crippen LogP contribution in [0.15, 0.2) is 36.7 Å². The molecular weight excluding hydrogens is 481 g/mol. The number of nitrogens with zero attached hydrogens (tertiary/aromatic N) is 5. The van der Waals surface area contributed by atoms with Gasteiger partial charge in [0.05, 0.1) is 6.04 Å². The van der Waals surface area contributed by atoms with Crippen molar-refractivity contribution in [2.24, 2.45) is 5.41 Å². The number of halogens is 1. The van der Waals surface area contributed by atoms with Crippen molar-refractivity contribution in [3.8, 4) is 11.4 Å². The standard InChI is InChI=1S/C30H38FN5O2/c1-19(2)25-8-5-22(14-26(25)31)30(37,29(3)17-35(4)18-29)23-13-21(15-32-16-23)27-33-28(20-9-11-38-12-10-20)36(34-27)24-6-7-24/h5,8,13-16,19-20,24,37H,6-7,9-12,17-18H2,1-4H3/t30-/m0/s1. The minimum Gasteiger partial charge on any atom is -0.381 e. The molecule has 1 aromatic carbocycles. The maximum absolute atomic E-state index is 15.2. The lowest BCUT2D eigenvalue weighted by atomic mass is 9.62. The summed E-state index contributed by atoms with van der Waals surface area (Å²) < 4.78 is 22.9. The number of benzene rings is 1. The van der Waals surface area contributed by atoms with E-state index in [0.29, 0.717) is 47.6 Å². The molecule has 6 rings (SSSR count). The third-order valence-corrected chi connectivity index (χ3v) is 8.70. The Balaban J connectivity index is 1.43. The second-order valence-corrected chi connectivity index (χ2v) is 12.2. The molecule has 0 spiro atoms. The van der Waals surface area contributed by atoms with Gasteiger partial charge in [-0.3, -0.25) is 4.98 Å². The summed E-state index contributed by atoms with van der Waals surface area (Å²) >= 11 is 0. The molecule has 1 atom stereocenters. The van der Waals surface area contributed by atoms with Crippen molar-refractivity contribution in [2.45, 2.75) is 69.9 Å². The first kappa shape index (κ1) is 25.6. The van der Waals surface area contributed by atoms with Crippen LogP contribution in [0.1, 0.15) is 86.8 Å². The molecule has 2 aromatic heterocycles. The highest BCUT2D eigenvalue weighted by Gasteiger charge is 2.55. The van der Waals surface area contributed by atoms with Gasteiger partial charge in [0.2, 0.25) is 0 Å². The summed E-state index contributed by atoms with van der Waals surface area (Å²) in [6.45, 7) is 8.89. The molecule has 0 unspecified atom stereocenters. The van der Waals surface area contributed by atoms with Crippen molar-refractivity contribution in [3.05, 3.63) is 65.0 Å². The molecule has 3 aromatic rings. The smallest absolute Gasteiger partial charge is 0.182 e. The highest BCUT2D eigenvalue weighted by Crippen LogP contribution is 2.51. The minimum atomic E-state index is -1.43. The molecular formula is C30H38FN5O2. The highest BCUT2D eigenvalue weighted by molar-refractivity contribution is 5.56. The van der Waals surface area contributed by atoms with E-state index in [4.69, 9.17) is 14.8 Å². The Labute approximate surface area is 224 Å². The Morgan fingerprint density at radius 2 is 1.82 bits per heavy atom. The molecule has 202 valence electrons. The average molecular weight is 520 g/mol. The molecule has 4 heterocycles. The predicted octanol–water partition coefficient (Wildman–Crippen LogP) is 5.02. The fourth-order valence-electron chi connectivity index (χ4n) is 6.50. The van der Waals surface area contributed by atoms with E-state index < -0.39 is 11.0 Å². The second-order valence-electron chi connectivity index (χ2n) is 12.2. The van der Waals surface area contributed by atoms with Crippen molar-refractivity contribution < 1.29 is 14.2 Å². The number of aliphatic hydroxyl groups is 1. The van der Waals surface area contributed by atoms with E-state index in [0.717, 1.165) is 50.3 Å². The lowest BCUT2D eigenvalue weighted by molar-refractivity contribution is -0.127. The quantitative estimate of drug-likeness (QED) is 0.473. The van der Waals surface area contributed by atoms with Crippen LogP contribution in [0.25, 0.3) is 11.4 Å². The molecule has 1 saturated carbocycles. The minimum absolute atomic E-state index is 0.0603. The summed E-state index contributed by atoms with van der Waals surface area (Å²) in [5, 5.41) is 17.5. The summed E-state index contributed by atoms with van der Waals surface area (Å²) in [5.41, 5.74) is 0.660. The third kappa shape index (κ3) is 4.27. The summed E-state index contributed by atoms with van der Waals surface area (Å²) in [4.78, 5) is 11.7. The van der Waals surface area contributed by atoms with Crippen LogP contribution in [0.3, 0.4) is 0 Å². The van der Waals surface area contributed by atoms with Gasteiger partial charge in [-0.25, -0.2) is 14.1 Å². The molecule has 1 N–H and O–H groups in total. The van der Waals surface area contributed by atoms with Gasteiger partial charge in [0.1, 0.15) is 17.2 Å². The number of ether oxygens (including phenoxy) is 1. The number of hydrogen-bond donors (Lipinski definition) is 1. The van der Waals surface area contributed by atoms with Crippen LogP contribution in [-0.2, 0) is 10.3 Å². The van der Waals surface area contributed by atoms with Crippen LogP contribution >= 0.6 is 0 Å². The van der Waals surface area contributed by atoms with Gasteiger partial charge < -0.3 is 14.7 Å². The molecule has 3 fully saturated rings. The highest BCUT2D eigenvalue weighted by atomic mass is 19.1. The zero-order valence-corrected chi connectivity index (χ0v) is 22.8. The van der Waals surface area contributed by atoms with Gasteiger partial charge in [0.25, 0.3) is 0 Å². The van der Waals surface area contributed by atoms with E-state index >= 15 is 4.39 Å². The number of pyridine rings is 1. The lowest BCUT2D eigenvalue weighted by Gasteiger charge is -2.55. The maximum atomic E-state index is 15.2. The van der Waals surface area contributed by atoms with Gasteiger partial charge in [-0.05, 0) is 61.9 Å². The van der Waals surface area contributed by atoms with Gasteiger partial charge in [-0.15, -0.1) is 0 Å². The molecule has 8 heteroatoms. The molecule has 2 saturated heterocycles. The molecule has 0 amide bonds. The van der Waals surface area contributed by atoms with Gasteiger partial charge in [-0.1, -0.05) is 32.9 Å². The molecule has 1 aliphatic carbocycles. The van der Waals surface area contributed by atoms with Gasteiger partial charge in [0, 0.05) is 61.2 Å². The maximum Gasteiger partial charge on any atom is 0.182 e. The molecule has 0 radical (unpaired) electrons. The molecule has 38 heavy (non-hydrogen) atoms. The number of rotatable bonds is 7. The fourth-order valence-corrected chi connectivity index (χ4v) is 6.50. The Bertz CT molecular complexity index is 1320. The van der Waals surface area contributed by atoms with Crippen LogP contribution in [0, 0.1) is 11.2 Å². The van der Waals surface area contributed by atoms with Crippen molar-refractivity contribution in [2.75, 3.05) is 33.4 Å². The molecule has 2 aliphatic heterocycles. The Hall–Kier alpha value is -2.68. The lowest BCUT2D eigenvalue weighted by Crippen LogP contribution is -2.63. The summed E-state index contributed by atoms with van der Waals surface area (Å²) in [7, 11) is 2.03. The molecule has 0 bridgehead atoms. The second kappa shape index (κ2) is 9.50. The van der Waals surface area contributed by atoms with Crippen molar-refractivity contribution in [3.63, 3.8) is 0 Å². The zero-order chi connectivity index (χ0) is 26.7. The first-order valence-corrected chi connectivity index (χ1v) is 13.9. The molecule has 3 aliphatic rings. The van der Waals surface area contributed by atoms with E-state index in [-0.39, 0.29) is 11.7 Å². The first-order chi connectivity index (χ1) is 18.2. The predicted molar refractivity (Wildman–Crippen MR) is 143 cm³/mol. The van der Waals surface area contributed by atoms with Gasteiger partial charge >= 0.3 is 0 Å². The number of likely N-dealkylation sites (tertiary alicyclic amines) is 1. The topological polar surface area (TPSA) is 76.3 Å². The Morgan fingerprint density at radius 3 is 2.45 bits per heavy atom. The third-order valence-electron chi connectivity index (χ3n) is 8.70. The van der Waals surface area contributed by atoms with Crippen LogP contribution in [0.5, 0.6) is 0 Å². The largest absolute Gasteiger partial charge is 0.381 e. The van der Waals surface area contributed by atoms with Crippen LogP contribution in [-0.4, -0.2) is 63.1 Å². The monoisotopic (exact) mass is 519 g/mol. The Morgan fingerprint density at radius 1 is 1.08 bits per heavy atom. The van der Waals surface area contributed by atoms with Crippen LogP contribution in [0.4, 0.5) is 4.39 Å². The fraction of sp³-hybridized carbons (Fsp3) is 0.567. The van der Waals surface area contributed by atoms with Gasteiger partial charge in [0.15, 0.2) is 5.82 Å². The summed E-state index contributed by atoms with van der Waals surface area (Å²) in [5.74, 6) is 1.77. The van der Waals surface area contributed by atoms with E-state index in [1.807, 2.05) is 39.1 Å². The number of hydrogen-bond acceptors (Lipinski definition) is 6. The SMILES string of the molecule is CC(C)c1ccc([C@](O)(c2cncc(-c3nc(C4CCOCC4)n(C4CC4)n3)c2)C2(C)CN(C)C2)cc1F. The van der Waals surface area contributed by atoms with Crippen molar-refractivity contribution in [1.82, 2.24) is 24.6 Å². The van der Waals surface area contributed by atoms with Crippen LogP contribution in [0.2, 0.25) is 0 Å². The average Bonchev–Trinajstić information content (AvgIpc) is 3.65. The van der Waals surface area contributed by atoms with E-state index in [2.05, 4.69) is 21.5 Å². The summed E-state index contributed by atoms with van der Waals surface area (Å²) in [6, 6.07) is 7.55. The zero-order valence-electron chi connectivity index (χ0n) is 22.8. The van der Waals surface area contributed by atoms with E-state index in [1.54, 1.807) is 12.4 Å². The van der Waals surface area contributed by atoms with Gasteiger partial charge in [-0.2, -0.15) is 5.10 Å². The first-order valence-electron chi connectivity index (χ1n) is 13.9. The Kier molecular flexibility index (Phi) is 6.40. The number of aromatic nitrogens is 4. The van der Waals surface area contributed by atoms with E-state index in [9.17, 15) is 5.11 Å². The molecule has 7 nitrogen and oxygen atoms in total. The normalized spacial score (nSPS) is 21.9. The summed E-state index contributed by atoms with van der Waals surface area (Å²) in [6.07, 6.45) is 7.63. The van der Waals surface area contributed by atoms with Crippen molar-refractivity contribution >= 4 is 0 Å². The van der Waals surface area contributed by atoms with Crippen molar-refractivity contribution in [1.29, 1.82) is 0 Å². The van der Waals surface area contributed by atoms with Crippen LogP contribution < -0.4 is 0 Å².